The number of rotatable bonds is 19. The van der Waals surface area contributed by atoms with E-state index in [4.69, 9.17) is 9.15 Å². The zero-order valence-corrected chi connectivity index (χ0v) is 45.8. The third-order valence-corrected chi connectivity index (χ3v) is 14.3. The Kier molecular flexibility index (Phi) is 20.7. The first-order valence-corrected chi connectivity index (χ1v) is 23.5. The molecule has 0 atom stereocenters. The van der Waals surface area contributed by atoms with Crippen molar-refractivity contribution in [1.82, 2.24) is 0 Å². The molecule has 4 aromatic carbocycles. The largest absolute Gasteiger partial charge is 1.00 e. The normalized spacial score (nSPS) is 13.9. The van der Waals surface area contributed by atoms with Crippen molar-refractivity contribution >= 4 is 22.9 Å². The number of quaternary nitrogens is 2. The molecule has 2 heterocycles. The first kappa shape index (κ1) is 55.1. The van der Waals surface area contributed by atoms with E-state index in [1.165, 1.54) is 27.8 Å². The summed E-state index contributed by atoms with van der Waals surface area (Å²) in [6.07, 6.45) is 7.46. The lowest BCUT2D eigenvalue weighted by Gasteiger charge is -2.49. The Balaban J connectivity index is 0.00000363. The van der Waals surface area contributed by atoms with Crippen molar-refractivity contribution in [3.05, 3.63) is 120 Å². The average Bonchev–Trinajstić information content (AvgIpc) is 3.75. The van der Waals surface area contributed by atoms with Crippen LogP contribution in [0.3, 0.4) is 0 Å². The van der Waals surface area contributed by atoms with E-state index in [2.05, 4.69) is 209 Å². The fourth-order valence-electron chi connectivity index (χ4n) is 11.2. The van der Waals surface area contributed by atoms with Crippen LogP contribution in [0.4, 0.5) is 5.69 Å². The maximum absolute atomic E-state index is 6.83. The number of hydrogen-bond donors (Lipinski definition) is 0. The first-order chi connectivity index (χ1) is 29.1. The SMILES string of the molecule is CCC(=Cc1oc2ccc(-c3ccccc3)cc2[n+]1CCC[N+](C(C)C)(C(C)C)C(C)C)C=C1Oc2ccc(-c3ccccc3)cc2N1CCC[N+](C(C)C)(C(C)C)C(C)C.[Br-].[Br-].[Br-]. The zero-order valence-electron chi connectivity index (χ0n) is 41.0. The maximum Gasteiger partial charge on any atom is 0.374 e. The second-order valence-corrected chi connectivity index (χ2v) is 19.2. The summed E-state index contributed by atoms with van der Waals surface area (Å²) in [7, 11) is 0. The minimum atomic E-state index is 0. The predicted molar refractivity (Wildman–Crippen MR) is 258 cm³/mol. The molecule has 1 aliphatic heterocycles. The highest BCUT2D eigenvalue weighted by atomic mass is 79.9. The summed E-state index contributed by atoms with van der Waals surface area (Å²) in [5.74, 6) is 2.67. The molecular weight excluding hydrogens is 988 g/mol. The van der Waals surface area contributed by atoms with E-state index >= 15 is 0 Å². The molecule has 6 nitrogen and oxygen atoms in total. The summed E-state index contributed by atoms with van der Waals surface area (Å²) in [4.78, 5) is 2.43. The number of oxazole rings is 1. The van der Waals surface area contributed by atoms with Gasteiger partial charge in [-0.1, -0.05) is 79.7 Å². The van der Waals surface area contributed by atoms with Crippen molar-refractivity contribution in [2.75, 3.05) is 24.5 Å². The van der Waals surface area contributed by atoms with Gasteiger partial charge in [0.1, 0.15) is 0 Å². The topological polar surface area (TPSA) is 29.5 Å². The van der Waals surface area contributed by atoms with Gasteiger partial charge < -0.3 is 74.0 Å². The summed E-state index contributed by atoms with van der Waals surface area (Å²) < 4.78 is 18.3. The number of ether oxygens (including phenoxy) is 1. The van der Waals surface area contributed by atoms with Crippen LogP contribution in [0, 0.1) is 0 Å². The Hall–Kier alpha value is -3.21. The lowest BCUT2D eigenvalue weighted by atomic mass is 10.0. The molecule has 0 saturated carbocycles. The zero-order chi connectivity index (χ0) is 44.1. The van der Waals surface area contributed by atoms with Gasteiger partial charge in [0.05, 0.1) is 67.5 Å². The predicted octanol–water partition coefficient (Wildman–Crippen LogP) is 4.46. The molecule has 1 aromatic heterocycles. The van der Waals surface area contributed by atoms with E-state index in [-0.39, 0.29) is 50.9 Å². The van der Waals surface area contributed by atoms with Gasteiger partial charge in [-0.15, -0.1) is 0 Å². The molecule has 0 radical (unpaired) electrons. The van der Waals surface area contributed by atoms with Gasteiger partial charge in [0.2, 0.25) is 11.5 Å². The number of allylic oxidation sites excluding steroid dienone is 2. The van der Waals surface area contributed by atoms with Crippen LogP contribution in [0.15, 0.2) is 119 Å². The summed E-state index contributed by atoms with van der Waals surface area (Å²) >= 11 is 0. The minimum absolute atomic E-state index is 0. The van der Waals surface area contributed by atoms with Crippen LogP contribution in [0.5, 0.6) is 5.75 Å². The number of benzene rings is 4. The minimum Gasteiger partial charge on any atom is -1.00 e. The number of anilines is 1. The molecule has 5 aromatic rings. The third kappa shape index (κ3) is 11.5. The van der Waals surface area contributed by atoms with Crippen molar-refractivity contribution in [3.63, 3.8) is 0 Å². The van der Waals surface area contributed by atoms with Crippen molar-refractivity contribution in [2.45, 2.75) is 152 Å². The van der Waals surface area contributed by atoms with E-state index in [1.807, 2.05) is 0 Å². The van der Waals surface area contributed by atoms with Gasteiger partial charge >= 0.3 is 5.89 Å². The van der Waals surface area contributed by atoms with Gasteiger partial charge in [0.15, 0.2) is 12.3 Å². The quantitative estimate of drug-likeness (QED) is 0.0906. The van der Waals surface area contributed by atoms with Crippen LogP contribution in [0.2, 0.25) is 0 Å². The van der Waals surface area contributed by atoms with Crippen molar-refractivity contribution in [3.8, 4) is 28.0 Å². The number of halogens is 3. The number of aromatic nitrogens is 1. The molecule has 6 rings (SSSR count). The molecule has 350 valence electrons. The Morgan fingerprint density at radius 1 is 0.594 bits per heavy atom. The van der Waals surface area contributed by atoms with Gasteiger partial charge in [0, 0.05) is 25.1 Å². The summed E-state index contributed by atoms with van der Waals surface area (Å²) in [6, 6.07) is 37.9. The molecule has 0 spiro atoms. The van der Waals surface area contributed by atoms with E-state index < -0.39 is 0 Å². The fraction of sp³-hybridized carbons (Fsp3) is 0.473. The van der Waals surface area contributed by atoms with Crippen molar-refractivity contribution in [2.24, 2.45) is 0 Å². The standard InChI is InChI=1S/C55H77N4O2.3BrH/c1-14-45(35-54-56(31-21-33-58(39(2)3,40(4)5)41(6)7)50-37-48(27-29-52(50)60-54)46-23-17-15-18-24-46)36-55-57(32-22-34-59(42(8)9,43(10)11)44(12)13)51-38-49(28-30-53(51)61-55)47-25-19-16-20-26-47;;;/h15-20,23-30,35-44H,14,21-22,31-34H2,1-13H3;3*1H/q+3;;;/p-3. The molecule has 9 heteroatoms. The molecule has 0 unspecified atom stereocenters. The summed E-state index contributed by atoms with van der Waals surface area (Å²) in [6.45, 7) is 34.9. The van der Waals surface area contributed by atoms with Crippen LogP contribution < -0.4 is 65.1 Å². The number of nitrogens with zero attached hydrogens (tertiary/aromatic N) is 4. The highest BCUT2D eigenvalue weighted by Crippen LogP contribution is 2.42. The lowest BCUT2D eigenvalue weighted by molar-refractivity contribution is -0.986. The van der Waals surface area contributed by atoms with Crippen LogP contribution in [-0.4, -0.2) is 64.9 Å². The monoisotopic (exact) mass is 1060 g/mol. The van der Waals surface area contributed by atoms with Gasteiger partial charge in [-0.05, 0) is 136 Å². The number of hydrogen-bond acceptors (Lipinski definition) is 3. The molecule has 1 aliphatic rings. The molecule has 0 bridgehead atoms. The van der Waals surface area contributed by atoms with Crippen LogP contribution in [0.1, 0.15) is 115 Å². The van der Waals surface area contributed by atoms with E-state index in [9.17, 15) is 0 Å². The Bertz CT molecular complexity index is 2240. The van der Waals surface area contributed by atoms with E-state index in [0.29, 0.717) is 36.3 Å². The second kappa shape index (κ2) is 24.0. The first-order valence-electron chi connectivity index (χ1n) is 23.5. The van der Waals surface area contributed by atoms with Crippen molar-refractivity contribution < 1.29 is 73.6 Å². The maximum atomic E-state index is 6.83. The molecule has 0 N–H and O–H groups in total. The van der Waals surface area contributed by atoms with Crippen LogP contribution in [-0.2, 0) is 6.54 Å². The Morgan fingerprint density at radius 3 is 1.58 bits per heavy atom. The third-order valence-electron chi connectivity index (χ3n) is 14.3. The second-order valence-electron chi connectivity index (χ2n) is 19.2. The molecule has 64 heavy (non-hydrogen) atoms. The smallest absolute Gasteiger partial charge is 0.374 e. The van der Waals surface area contributed by atoms with E-state index in [1.54, 1.807) is 0 Å². The fourth-order valence-corrected chi connectivity index (χ4v) is 11.2. The lowest BCUT2D eigenvalue weighted by Crippen LogP contribution is -3.00. The molecule has 0 fully saturated rings. The van der Waals surface area contributed by atoms with E-state index in [0.717, 1.165) is 88.7 Å². The summed E-state index contributed by atoms with van der Waals surface area (Å²) in [5, 5.41) is 0. The van der Waals surface area contributed by atoms with Gasteiger partial charge in [0.25, 0.3) is 5.52 Å². The van der Waals surface area contributed by atoms with Crippen LogP contribution >= 0.6 is 0 Å². The molecule has 0 aliphatic carbocycles. The Labute approximate surface area is 418 Å². The van der Waals surface area contributed by atoms with Gasteiger partial charge in [-0.2, -0.15) is 4.57 Å². The summed E-state index contributed by atoms with van der Waals surface area (Å²) in [5.41, 5.74) is 9.17. The molecule has 0 amide bonds. The van der Waals surface area contributed by atoms with Crippen molar-refractivity contribution in [1.29, 1.82) is 0 Å². The number of aryl methyl sites for hydroxylation is 1. The van der Waals surface area contributed by atoms with Crippen LogP contribution in [0.25, 0.3) is 39.4 Å². The molecular formula is C55H77Br3N4O2. The van der Waals surface area contributed by atoms with Gasteiger partial charge in [-0.3, -0.25) is 0 Å². The molecule has 0 saturated heterocycles. The Morgan fingerprint density at radius 2 is 1.08 bits per heavy atom. The number of fused-ring (bicyclic) bond motifs is 2. The highest BCUT2D eigenvalue weighted by molar-refractivity contribution is 5.79. The average molecular weight is 1070 g/mol. The highest BCUT2D eigenvalue weighted by Gasteiger charge is 2.39. The van der Waals surface area contributed by atoms with Gasteiger partial charge in [-0.25, -0.2) is 0 Å².